The van der Waals surface area contributed by atoms with Gasteiger partial charge in [-0.2, -0.15) is 5.10 Å². The molecule has 5 nitrogen and oxygen atoms in total. The second-order valence-electron chi connectivity index (χ2n) is 5.53. The van der Waals surface area contributed by atoms with Crippen molar-refractivity contribution in [3.8, 4) is 0 Å². The van der Waals surface area contributed by atoms with Gasteiger partial charge in [0, 0.05) is 19.1 Å². The van der Waals surface area contributed by atoms with Gasteiger partial charge in [-0.1, -0.05) is 25.4 Å². The normalized spacial score (nSPS) is 16.7. The first kappa shape index (κ1) is 14.3. The molecule has 0 saturated heterocycles. The van der Waals surface area contributed by atoms with Crippen molar-refractivity contribution in [3.63, 3.8) is 0 Å². The number of aromatic nitrogens is 2. The van der Waals surface area contributed by atoms with Crippen LogP contribution in [0.2, 0.25) is 5.02 Å². The first-order chi connectivity index (χ1) is 9.02. The molecule has 0 aliphatic heterocycles. The molecule has 106 valence electrons. The van der Waals surface area contributed by atoms with E-state index in [-0.39, 0.29) is 11.6 Å². The Kier molecular flexibility index (Phi) is 4.47. The van der Waals surface area contributed by atoms with Gasteiger partial charge in [-0.15, -0.1) is 0 Å². The first-order valence-electron chi connectivity index (χ1n) is 6.75. The molecule has 1 fully saturated rings. The van der Waals surface area contributed by atoms with Gasteiger partial charge in [0.1, 0.15) is 5.69 Å². The van der Waals surface area contributed by atoms with Crippen molar-refractivity contribution in [1.29, 1.82) is 0 Å². The molecule has 0 spiro atoms. The molecule has 1 unspecified atom stereocenters. The minimum atomic E-state index is -0.154. The summed E-state index contributed by atoms with van der Waals surface area (Å²) in [5.74, 6) is 0.917. The molecule has 1 heterocycles. The quantitative estimate of drug-likeness (QED) is 0.834. The van der Waals surface area contributed by atoms with Gasteiger partial charge >= 0.3 is 0 Å². The maximum Gasteiger partial charge on any atom is 0.291 e. The maximum atomic E-state index is 12.3. The SMILES string of the molecule is CC(C)C(CN)Nc1c(Cl)cnn(CC2CC2)c1=O. The number of hydrogen-bond donors (Lipinski definition) is 2. The van der Waals surface area contributed by atoms with Crippen molar-refractivity contribution in [3.05, 3.63) is 21.6 Å². The number of nitrogens with one attached hydrogen (secondary N) is 1. The van der Waals surface area contributed by atoms with Crippen molar-refractivity contribution in [2.45, 2.75) is 39.3 Å². The molecule has 1 aliphatic rings. The molecule has 2 rings (SSSR count). The Morgan fingerprint density at radius 1 is 1.58 bits per heavy atom. The Balaban J connectivity index is 2.24. The second kappa shape index (κ2) is 5.92. The standard InChI is InChI=1S/C13H21ClN4O/c1-8(2)11(5-15)17-12-10(14)6-16-18(13(12)19)7-9-3-4-9/h6,8-9,11,17H,3-5,7,15H2,1-2H3. The minimum absolute atomic E-state index is 0.0296. The molecule has 1 saturated carbocycles. The fourth-order valence-electron chi connectivity index (χ4n) is 1.96. The molecule has 3 N–H and O–H groups in total. The van der Waals surface area contributed by atoms with Gasteiger partial charge in [-0.3, -0.25) is 4.79 Å². The molecule has 0 radical (unpaired) electrons. The van der Waals surface area contributed by atoms with Crippen LogP contribution in [-0.4, -0.2) is 22.4 Å². The lowest BCUT2D eigenvalue weighted by Gasteiger charge is -2.22. The van der Waals surface area contributed by atoms with E-state index in [0.29, 0.717) is 35.6 Å². The zero-order chi connectivity index (χ0) is 14.0. The highest BCUT2D eigenvalue weighted by Gasteiger charge is 2.24. The highest BCUT2D eigenvalue weighted by atomic mass is 35.5. The van der Waals surface area contributed by atoms with Crippen LogP contribution in [0.15, 0.2) is 11.0 Å². The number of rotatable bonds is 6. The van der Waals surface area contributed by atoms with Crippen LogP contribution in [0.4, 0.5) is 5.69 Å². The van der Waals surface area contributed by atoms with Gasteiger partial charge < -0.3 is 11.1 Å². The largest absolute Gasteiger partial charge is 0.375 e. The summed E-state index contributed by atoms with van der Waals surface area (Å²) in [5, 5.41) is 7.62. The first-order valence-corrected chi connectivity index (χ1v) is 7.13. The van der Waals surface area contributed by atoms with Crippen LogP contribution in [0.5, 0.6) is 0 Å². The lowest BCUT2D eigenvalue weighted by atomic mass is 10.0. The maximum absolute atomic E-state index is 12.3. The molecule has 1 aliphatic carbocycles. The number of anilines is 1. The molecule has 1 aromatic heterocycles. The van der Waals surface area contributed by atoms with Crippen molar-refractivity contribution < 1.29 is 0 Å². The lowest BCUT2D eigenvalue weighted by Crippen LogP contribution is -2.37. The average molecular weight is 285 g/mol. The van der Waals surface area contributed by atoms with Gasteiger partial charge in [0.15, 0.2) is 0 Å². The molecular weight excluding hydrogens is 264 g/mol. The van der Waals surface area contributed by atoms with E-state index in [1.165, 1.54) is 23.7 Å². The van der Waals surface area contributed by atoms with Crippen LogP contribution >= 0.6 is 11.6 Å². The molecule has 0 bridgehead atoms. The number of hydrogen-bond acceptors (Lipinski definition) is 4. The fourth-order valence-corrected chi connectivity index (χ4v) is 2.14. The summed E-state index contributed by atoms with van der Waals surface area (Å²) in [7, 11) is 0. The highest BCUT2D eigenvalue weighted by Crippen LogP contribution is 2.30. The summed E-state index contributed by atoms with van der Waals surface area (Å²) in [5.41, 5.74) is 5.98. The Morgan fingerprint density at radius 2 is 2.26 bits per heavy atom. The average Bonchev–Trinajstić information content (AvgIpc) is 3.16. The molecule has 19 heavy (non-hydrogen) atoms. The van der Waals surface area contributed by atoms with Crippen LogP contribution in [0.1, 0.15) is 26.7 Å². The van der Waals surface area contributed by atoms with E-state index >= 15 is 0 Å². The van der Waals surface area contributed by atoms with Crippen molar-refractivity contribution in [2.24, 2.45) is 17.6 Å². The van der Waals surface area contributed by atoms with E-state index in [1.54, 1.807) is 0 Å². The van der Waals surface area contributed by atoms with Gasteiger partial charge in [-0.25, -0.2) is 4.68 Å². The van der Waals surface area contributed by atoms with Gasteiger partial charge in [-0.05, 0) is 24.7 Å². The Bertz CT molecular complexity index is 496. The predicted octanol–water partition coefficient (Wildman–Crippen LogP) is 1.70. The summed E-state index contributed by atoms with van der Waals surface area (Å²) in [6, 6.07) is 0.0296. The van der Waals surface area contributed by atoms with E-state index in [1.807, 2.05) is 0 Å². The lowest BCUT2D eigenvalue weighted by molar-refractivity contribution is 0.518. The highest BCUT2D eigenvalue weighted by molar-refractivity contribution is 6.33. The van der Waals surface area contributed by atoms with Gasteiger partial charge in [0.25, 0.3) is 5.56 Å². The van der Waals surface area contributed by atoms with E-state index in [0.717, 1.165) is 0 Å². The van der Waals surface area contributed by atoms with Gasteiger partial charge in [0.2, 0.25) is 0 Å². The van der Waals surface area contributed by atoms with E-state index < -0.39 is 0 Å². The molecule has 0 aromatic carbocycles. The number of nitrogens with zero attached hydrogens (tertiary/aromatic N) is 2. The monoisotopic (exact) mass is 284 g/mol. The Labute approximate surface area is 118 Å². The Hall–Kier alpha value is -1.07. The van der Waals surface area contributed by atoms with Crippen molar-refractivity contribution in [2.75, 3.05) is 11.9 Å². The number of nitrogens with two attached hydrogens (primary N) is 1. The third-order valence-electron chi connectivity index (χ3n) is 3.51. The van der Waals surface area contributed by atoms with Crippen LogP contribution < -0.4 is 16.6 Å². The smallest absolute Gasteiger partial charge is 0.291 e. The van der Waals surface area contributed by atoms with Crippen LogP contribution in [-0.2, 0) is 6.54 Å². The second-order valence-corrected chi connectivity index (χ2v) is 5.94. The Morgan fingerprint density at radius 3 is 2.79 bits per heavy atom. The summed E-state index contributed by atoms with van der Waals surface area (Å²) in [6.45, 7) is 5.25. The van der Waals surface area contributed by atoms with Crippen LogP contribution in [0, 0.1) is 11.8 Å². The topological polar surface area (TPSA) is 72.9 Å². The van der Waals surface area contributed by atoms with Crippen molar-refractivity contribution in [1.82, 2.24) is 9.78 Å². The molecule has 6 heteroatoms. The van der Waals surface area contributed by atoms with Crippen molar-refractivity contribution >= 4 is 17.3 Å². The van der Waals surface area contributed by atoms with Crippen LogP contribution in [0.25, 0.3) is 0 Å². The minimum Gasteiger partial charge on any atom is -0.375 e. The predicted molar refractivity (Wildman–Crippen MR) is 77.5 cm³/mol. The summed E-state index contributed by atoms with van der Waals surface area (Å²) in [6.07, 6.45) is 3.88. The fraction of sp³-hybridized carbons (Fsp3) is 0.692. The third-order valence-corrected chi connectivity index (χ3v) is 3.80. The molecule has 0 amide bonds. The summed E-state index contributed by atoms with van der Waals surface area (Å²) < 4.78 is 1.50. The molecular formula is C13H21ClN4O. The zero-order valence-electron chi connectivity index (χ0n) is 11.4. The van der Waals surface area contributed by atoms with Gasteiger partial charge in [0.05, 0.1) is 11.2 Å². The third kappa shape index (κ3) is 3.48. The summed E-state index contributed by atoms with van der Waals surface area (Å²) in [4.78, 5) is 12.3. The van der Waals surface area contributed by atoms with Crippen LogP contribution in [0.3, 0.4) is 0 Å². The van der Waals surface area contributed by atoms with E-state index in [9.17, 15) is 4.79 Å². The van der Waals surface area contributed by atoms with E-state index in [4.69, 9.17) is 17.3 Å². The molecule has 1 atom stereocenters. The van der Waals surface area contributed by atoms with E-state index in [2.05, 4.69) is 24.3 Å². The zero-order valence-corrected chi connectivity index (χ0v) is 12.2. The summed E-state index contributed by atoms with van der Waals surface area (Å²) >= 11 is 6.08. The number of halogens is 1. The molecule has 1 aromatic rings.